The number of primary amides is 2. The Morgan fingerprint density at radius 1 is 0.439 bits per heavy atom. The highest BCUT2D eigenvalue weighted by Crippen LogP contribution is 2.17. The average molecular weight is 1600 g/mol. The van der Waals surface area contributed by atoms with Gasteiger partial charge in [-0.3, -0.25) is 76.9 Å². The van der Waals surface area contributed by atoms with E-state index in [1.807, 2.05) is 0 Å². The minimum absolute atomic E-state index is 0.0444. The number of amides is 14. The summed E-state index contributed by atoms with van der Waals surface area (Å²) in [5, 5.41) is 70.6. The van der Waals surface area contributed by atoms with Crippen LogP contribution in [0.1, 0.15) is 150 Å². The number of imidazole rings is 1. The van der Waals surface area contributed by atoms with E-state index in [-0.39, 0.29) is 93.8 Å². The molecule has 0 aliphatic rings. The predicted molar refractivity (Wildman–Crippen MR) is 413 cm³/mol. The number of nitrogens with one attached hydrogen (secondary N) is 13. The molecular weight excluding hydrogens is 1490 g/mol. The summed E-state index contributed by atoms with van der Waals surface area (Å²) in [5.41, 5.74) is 28.9. The van der Waals surface area contributed by atoms with E-state index in [2.05, 4.69) is 78.8 Å². The number of phenolic OH excluding ortho intramolecular Hbond substituents is 1. The second kappa shape index (κ2) is 48.2. The number of H-pyrrole nitrogens is 1. The first-order valence-corrected chi connectivity index (χ1v) is 37.4. The summed E-state index contributed by atoms with van der Waals surface area (Å²) in [5.74, 6) is -18.5. The van der Waals surface area contributed by atoms with Crippen molar-refractivity contribution in [1.82, 2.24) is 73.8 Å². The van der Waals surface area contributed by atoms with Crippen LogP contribution in [0.2, 0.25) is 0 Å². The van der Waals surface area contributed by atoms with E-state index < -0.39 is 211 Å². The lowest BCUT2D eigenvalue weighted by Gasteiger charge is -2.30. The number of carbonyl (C=O) groups excluding carboxylic acids is 14. The van der Waals surface area contributed by atoms with Gasteiger partial charge in [-0.2, -0.15) is 0 Å². The van der Waals surface area contributed by atoms with Crippen molar-refractivity contribution < 1.29 is 97.1 Å². The van der Waals surface area contributed by atoms with Crippen LogP contribution in [0, 0.1) is 23.7 Å². The molecule has 1 heterocycles. The minimum atomic E-state index is -1.93. The summed E-state index contributed by atoms with van der Waals surface area (Å²) >= 11 is 0. The Morgan fingerprint density at radius 2 is 0.860 bits per heavy atom. The number of aliphatic hydroxyl groups excluding tert-OH is 1. The molecule has 2 aromatic carbocycles. The number of guanidine groups is 1. The van der Waals surface area contributed by atoms with Crippen LogP contribution < -0.4 is 92.5 Å². The molecule has 14 atom stereocenters. The first-order valence-electron chi connectivity index (χ1n) is 37.4. The molecule has 40 nitrogen and oxygen atoms in total. The highest BCUT2D eigenvalue weighted by atomic mass is 16.4. The number of carbonyl (C=O) groups is 16. The van der Waals surface area contributed by atoms with Crippen molar-refractivity contribution in [2.45, 2.75) is 237 Å². The van der Waals surface area contributed by atoms with Gasteiger partial charge in [-0.15, -0.1) is 0 Å². The van der Waals surface area contributed by atoms with Crippen molar-refractivity contribution in [2.24, 2.45) is 57.3 Å². The number of aliphatic carboxylic acids is 2. The molecule has 3 aromatic rings. The number of hydrogen-bond donors (Lipinski definition) is 22. The second-order valence-corrected chi connectivity index (χ2v) is 29.5. The molecule has 0 aliphatic carbocycles. The van der Waals surface area contributed by atoms with Gasteiger partial charge < -0.3 is 118 Å². The number of benzene rings is 2. The van der Waals surface area contributed by atoms with Crippen LogP contribution in [-0.4, -0.2) is 222 Å². The zero-order chi connectivity index (χ0) is 85.8. The molecule has 1 aromatic heterocycles. The Morgan fingerprint density at radius 3 is 1.35 bits per heavy atom. The van der Waals surface area contributed by atoms with Gasteiger partial charge in [-0.25, -0.2) is 9.78 Å². The Hall–Kier alpha value is -11.8. The number of phenols is 1. The summed E-state index contributed by atoms with van der Waals surface area (Å²) < 4.78 is 0. The smallest absolute Gasteiger partial charge is 0.326 e. The molecule has 0 unspecified atom stereocenters. The molecule has 0 fully saturated rings. The topological polar surface area (TPSA) is 670 Å². The number of hydrogen-bond acceptors (Lipinski definition) is 21. The maximum Gasteiger partial charge on any atom is 0.326 e. The van der Waals surface area contributed by atoms with E-state index in [1.165, 1.54) is 43.7 Å². The lowest BCUT2D eigenvalue weighted by molar-refractivity contribution is -0.143. The highest BCUT2D eigenvalue weighted by molar-refractivity contribution is 6.01. The number of carboxylic acids is 2. The van der Waals surface area contributed by atoms with Gasteiger partial charge >= 0.3 is 11.9 Å². The number of aliphatic imine (C=N–C) groups is 1. The van der Waals surface area contributed by atoms with Gasteiger partial charge in [0.15, 0.2) is 5.96 Å². The Balaban J connectivity index is 2.02. The molecule has 0 spiro atoms. The third-order valence-corrected chi connectivity index (χ3v) is 17.5. The second-order valence-electron chi connectivity index (χ2n) is 29.5. The van der Waals surface area contributed by atoms with Crippen molar-refractivity contribution in [3.63, 3.8) is 0 Å². The lowest BCUT2D eigenvalue weighted by atomic mass is 9.98. The van der Waals surface area contributed by atoms with E-state index in [1.54, 1.807) is 85.7 Å². The number of nitrogens with two attached hydrogens (primary N) is 5. The van der Waals surface area contributed by atoms with Gasteiger partial charge in [0, 0.05) is 50.5 Å². The van der Waals surface area contributed by atoms with E-state index >= 15 is 0 Å². The van der Waals surface area contributed by atoms with Crippen molar-refractivity contribution in [1.29, 1.82) is 0 Å². The molecule has 114 heavy (non-hydrogen) atoms. The van der Waals surface area contributed by atoms with Gasteiger partial charge in [-0.1, -0.05) is 97.9 Å². The fourth-order valence-electron chi connectivity index (χ4n) is 11.5. The van der Waals surface area contributed by atoms with Crippen LogP contribution in [0.25, 0.3) is 0 Å². The standard InChI is InChI=1S/C74H114N20O20/c1-36(2)27-49(88-69(109)54(33-57(77)98)87-62(102)46(75)22-25-58(99)100)65(105)85-48(23-24-56(76)97)63(103)83-40(9)61(101)86-51(31-43-18-20-45(96)21-19-43)67(107)84-47(17-14-26-81-74(78)79)64(104)94-60(41(10)95)72(112)91-52(30-42-15-12-11-13-16-42)68(108)89-53(32-44-34-80-35-82-44)70(110)93-59(39(7)8)71(111)90-50(28-37(3)4)66(106)92-55(73(113)114)29-38(5)6/h11-13,15-16,18-21,34-41,46-55,59-60,95-96H,14,17,22-33,75H2,1-10H3,(H2,76,97)(H2,77,98)(H,80,82)(H,83,103)(H,84,107)(H,85,105)(H,86,101)(H,87,102)(H,88,109)(H,89,108)(H,90,111)(H,91,112)(H,92,106)(H,93,110)(H,94,104)(H,99,100)(H,113,114)(H4,78,79,81)/t40-,41+,46-,47-,48-,49-,50-,51-,52-,53-,54-,55-,59-,60-/m0/s1. The van der Waals surface area contributed by atoms with E-state index in [4.69, 9.17) is 33.8 Å². The third kappa shape index (κ3) is 35.7. The van der Waals surface area contributed by atoms with Gasteiger partial charge in [0.05, 0.1) is 24.9 Å². The quantitative estimate of drug-likeness (QED) is 0.0144. The Bertz CT molecular complexity index is 3780. The molecule has 0 radical (unpaired) electrons. The monoisotopic (exact) mass is 1600 g/mol. The molecule has 0 saturated heterocycles. The summed E-state index contributed by atoms with van der Waals surface area (Å²) in [6.07, 6.45) is -2.98. The van der Waals surface area contributed by atoms with Crippen LogP contribution in [-0.2, 0) is 96.0 Å². The number of rotatable bonds is 51. The molecule has 630 valence electrons. The summed E-state index contributed by atoms with van der Waals surface area (Å²) in [6, 6.07) is -6.66. The third-order valence-electron chi connectivity index (χ3n) is 17.5. The van der Waals surface area contributed by atoms with Gasteiger partial charge in [-0.05, 0) is 106 Å². The zero-order valence-electron chi connectivity index (χ0n) is 65.7. The molecule has 14 amide bonds. The molecule has 40 heteroatoms. The molecular formula is C74H114N20O20. The van der Waals surface area contributed by atoms with E-state index in [0.717, 1.165) is 6.92 Å². The van der Waals surface area contributed by atoms with Crippen LogP contribution in [0.4, 0.5) is 0 Å². The lowest BCUT2D eigenvalue weighted by Crippen LogP contribution is -2.62. The number of aliphatic hydroxyl groups is 1. The SMILES string of the molecule is CC(C)C[C@H](NC(=O)[C@H](CC(C)C)NC(=O)[C@@H](NC(=O)[C@H](Cc1cnc[nH]1)NC(=O)[C@H](Cc1ccccc1)NC(=O)[C@@H](NC(=O)[C@H](CCCN=C(N)N)NC(=O)[C@H](Cc1ccc(O)cc1)NC(=O)[C@H](C)NC(=O)[C@H](CCC(N)=O)NC(=O)[C@H](CC(C)C)NC(=O)[C@H](CC(N)=O)NC(=O)[C@@H](N)CCC(=O)O)[C@@H](C)O)C(C)C)C(=O)O. The van der Waals surface area contributed by atoms with Crippen molar-refractivity contribution in [2.75, 3.05) is 6.54 Å². The molecule has 27 N–H and O–H groups in total. The number of nitrogens with zero attached hydrogens (tertiary/aromatic N) is 2. The Kier molecular flexibility index (Phi) is 40.7. The summed E-state index contributed by atoms with van der Waals surface area (Å²) in [4.78, 5) is 229. The molecule has 3 rings (SSSR count). The van der Waals surface area contributed by atoms with Gasteiger partial charge in [0.25, 0.3) is 0 Å². The molecule has 0 saturated carbocycles. The van der Waals surface area contributed by atoms with Crippen LogP contribution in [0.3, 0.4) is 0 Å². The van der Waals surface area contributed by atoms with Crippen LogP contribution >= 0.6 is 0 Å². The van der Waals surface area contributed by atoms with Crippen molar-refractivity contribution >= 4 is 101 Å². The molecule has 0 aliphatic heterocycles. The number of carboxylic acid groups (broad SMARTS) is 2. The summed E-state index contributed by atoms with van der Waals surface area (Å²) in [7, 11) is 0. The normalized spacial score (nSPS) is 14.9. The fourth-order valence-corrected chi connectivity index (χ4v) is 11.5. The van der Waals surface area contributed by atoms with Gasteiger partial charge in [0.1, 0.15) is 78.3 Å². The largest absolute Gasteiger partial charge is 0.508 e. The van der Waals surface area contributed by atoms with Crippen LogP contribution in [0.5, 0.6) is 5.75 Å². The first-order chi connectivity index (χ1) is 53.4. The maximum absolute atomic E-state index is 14.9. The first kappa shape index (κ1) is 96.4. The fraction of sp³-hybridized carbons (Fsp3) is 0.568. The molecule has 0 bridgehead atoms. The van der Waals surface area contributed by atoms with Crippen molar-refractivity contribution in [3.8, 4) is 5.75 Å². The van der Waals surface area contributed by atoms with E-state index in [9.17, 15) is 92.0 Å². The number of aromatic hydroxyl groups is 1. The summed E-state index contributed by atoms with van der Waals surface area (Å²) in [6.45, 7) is 15.9. The highest BCUT2D eigenvalue weighted by Gasteiger charge is 2.39. The van der Waals surface area contributed by atoms with Crippen LogP contribution in [0.15, 0.2) is 72.1 Å². The minimum Gasteiger partial charge on any atom is -0.508 e. The van der Waals surface area contributed by atoms with Crippen molar-refractivity contribution in [3.05, 3.63) is 83.9 Å². The maximum atomic E-state index is 14.9. The average Bonchev–Trinajstić information content (AvgIpc) is 0.912. The predicted octanol–water partition coefficient (Wildman–Crippen LogP) is -4.37. The van der Waals surface area contributed by atoms with E-state index in [0.29, 0.717) is 16.8 Å². The Labute approximate surface area is 659 Å². The van der Waals surface area contributed by atoms with Gasteiger partial charge in [0.2, 0.25) is 82.7 Å². The number of aromatic nitrogens is 2. The zero-order valence-corrected chi connectivity index (χ0v) is 65.7. The number of aromatic amines is 1.